The Hall–Kier alpha value is -3.47. The summed E-state index contributed by atoms with van der Waals surface area (Å²) >= 11 is 0. The summed E-state index contributed by atoms with van der Waals surface area (Å²) in [4.78, 5) is 18.9. The highest BCUT2D eigenvalue weighted by atomic mass is 19.1. The van der Waals surface area contributed by atoms with Crippen LogP contribution in [0, 0.1) is 23.1 Å². The van der Waals surface area contributed by atoms with Gasteiger partial charge >= 0.3 is 6.03 Å². The second kappa shape index (κ2) is 6.55. The van der Waals surface area contributed by atoms with Crippen LogP contribution in [0.3, 0.4) is 0 Å². The molecular weight excluding hydrogens is 371 g/mol. The molecule has 0 radical (unpaired) electrons. The van der Waals surface area contributed by atoms with Crippen molar-refractivity contribution in [1.29, 1.82) is 5.26 Å². The van der Waals surface area contributed by atoms with E-state index < -0.39 is 5.82 Å². The predicted molar refractivity (Wildman–Crippen MR) is 105 cm³/mol. The van der Waals surface area contributed by atoms with Crippen LogP contribution >= 0.6 is 0 Å². The lowest BCUT2D eigenvalue weighted by molar-refractivity contribution is -0.00603. The van der Waals surface area contributed by atoms with E-state index in [2.05, 4.69) is 22.3 Å². The van der Waals surface area contributed by atoms with Gasteiger partial charge in [0.2, 0.25) is 0 Å². The predicted octanol–water partition coefficient (Wildman–Crippen LogP) is 3.81. The fraction of sp³-hybridized carbons (Fsp3) is 0.333. The van der Waals surface area contributed by atoms with Crippen molar-refractivity contribution in [2.45, 2.75) is 38.3 Å². The second-order valence-electron chi connectivity index (χ2n) is 7.91. The third kappa shape index (κ3) is 2.90. The van der Waals surface area contributed by atoms with Crippen LogP contribution in [0.2, 0.25) is 0 Å². The zero-order chi connectivity index (χ0) is 20.1. The minimum Gasteiger partial charge on any atom is -0.318 e. The van der Waals surface area contributed by atoms with Crippen LogP contribution in [0.1, 0.15) is 31.7 Å². The average Bonchev–Trinajstić information content (AvgIpc) is 3.16. The standard InChI is InChI=1S/C21H19FN6O/c1-12-5-15-8-16(6-12)28(15)21(29)25-19-9-17(13(10-23)7-18(19)22)20-24-11-14-3-2-4-27(14)26-20/h2-4,7,9,11-12,15-16H,5-6,8H2,1H3,(H,25,29)/t12?,15-,16?/m1/s1. The molecule has 4 heterocycles. The van der Waals surface area contributed by atoms with Gasteiger partial charge in [0.1, 0.15) is 11.9 Å². The van der Waals surface area contributed by atoms with Crippen molar-refractivity contribution in [1.82, 2.24) is 19.5 Å². The highest BCUT2D eigenvalue weighted by molar-refractivity contribution is 5.91. The number of aromatic nitrogens is 3. The molecule has 8 heteroatoms. The van der Waals surface area contributed by atoms with Crippen LogP contribution in [0.25, 0.3) is 16.9 Å². The molecule has 2 saturated heterocycles. The summed E-state index contributed by atoms with van der Waals surface area (Å²) in [5.41, 5.74) is 1.32. The first-order chi connectivity index (χ1) is 14.0. The van der Waals surface area contributed by atoms with E-state index in [1.807, 2.05) is 23.1 Å². The third-order valence-electron chi connectivity index (χ3n) is 5.90. The van der Waals surface area contributed by atoms with E-state index in [4.69, 9.17) is 0 Å². The van der Waals surface area contributed by atoms with Crippen molar-refractivity contribution in [2.75, 3.05) is 5.32 Å². The number of halogens is 1. The number of carbonyl (C=O) groups is 1. The number of piperidine rings is 1. The highest BCUT2D eigenvalue weighted by Gasteiger charge is 2.46. The molecule has 146 valence electrons. The Kier molecular flexibility index (Phi) is 3.98. The molecule has 6 rings (SSSR count). The molecule has 3 fully saturated rings. The molecular formula is C21H19FN6O. The minimum absolute atomic E-state index is 0.0261. The van der Waals surface area contributed by atoms with E-state index in [9.17, 15) is 14.4 Å². The monoisotopic (exact) mass is 390 g/mol. The maximum Gasteiger partial charge on any atom is 0.322 e. The average molecular weight is 390 g/mol. The number of hydrogen-bond acceptors (Lipinski definition) is 4. The summed E-state index contributed by atoms with van der Waals surface area (Å²) < 4.78 is 16.2. The van der Waals surface area contributed by atoms with Crippen molar-refractivity contribution in [2.24, 2.45) is 5.92 Å². The second-order valence-corrected chi connectivity index (χ2v) is 7.91. The van der Waals surface area contributed by atoms with Crippen molar-refractivity contribution in [3.05, 3.63) is 48.0 Å². The first kappa shape index (κ1) is 17.6. The van der Waals surface area contributed by atoms with Gasteiger partial charge in [-0.25, -0.2) is 18.7 Å². The summed E-state index contributed by atoms with van der Waals surface area (Å²) in [7, 11) is 0. The number of rotatable bonds is 2. The van der Waals surface area contributed by atoms with Crippen molar-refractivity contribution in [3.8, 4) is 17.5 Å². The number of urea groups is 1. The van der Waals surface area contributed by atoms with E-state index in [0.29, 0.717) is 11.5 Å². The third-order valence-corrected chi connectivity index (χ3v) is 5.90. The largest absolute Gasteiger partial charge is 0.322 e. The number of nitrogens with one attached hydrogen (secondary N) is 1. The van der Waals surface area contributed by atoms with Gasteiger partial charge in [0.15, 0.2) is 5.82 Å². The molecule has 0 spiro atoms. The van der Waals surface area contributed by atoms with Gasteiger partial charge in [-0.1, -0.05) is 6.92 Å². The smallest absolute Gasteiger partial charge is 0.318 e. The molecule has 1 saturated carbocycles. The molecule has 2 aliphatic heterocycles. The van der Waals surface area contributed by atoms with Gasteiger partial charge in [-0.2, -0.15) is 5.26 Å². The number of nitrogens with zero attached hydrogens (tertiary/aromatic N) is 5. The number of anilines is 1. The number of hydrogen-bond donors (Lipinski definition) is 1. The van der Waals surface area contributed by atoms with Crippen LogP contribution in [0.4, 0.5) is 14.9 Å². The lowest BCUT2D eigenvalue weighted by Crippen LogP contribution is -2.63. The fourth-order valence-corrected chi connectivity index (χ4v) is 4.56. The summed E-state index contributed by atoms with van der Waals surface area (Å²) in [6, 6.07) is 8.39. The molecule has 3 atom stereocenters. The molecule has 3 aromatic rings. The molecule has 1 aromatic carbocycles. The Morgan fingerprint density at radius 3 is 2.86 bits per heavy atom. The van der Waals surface area contributed by atoms with Crippen molar-refractivity contribution >= 4 is 17.2 Å². The van der Waals surface area contributed by atoms with E-state index in [1.54, 1.807) is 16.9 Å². The maximum absolute atomic E-state index is 14.6. The lowest BCUT2D eigenvalue weighted by Gasteiger charge is -2.54. The Labute approximate surface area is 166 Å². The molecule has 29 heavy (non-hydrogen) atoms. The summed E-state index contributed by atoms with van der Waals surface area (Å²) in [6.07, 6.45) is 6.38. The van der Waals surface area contributed by atoms with Gasteiger partial charge in [-0.15, -0.1) is 5.10 Å². The van der Waals surface area contributed by atoms with Crippen molar-refractivity contribution < 1.29 is 9.18 Å². The van der Waals surface area contributed by atoms with Crippen molar-refractivity contribution in [3.63, 3.8) is 0 Å². The van der Waals surface area contributed by atoms with Gasteiger partial charge in [0, 0.05) is 23.8 Å². The molecule has 2 aromatic heterocycles. The molecule has 2 bridgehead atoms. The van der Waals surface area contributed by atoms with Crippen LogP contribution in [-0.2, 0) is 0 Å². The molecule has 7 nitrogen and oxygen atoms in total. The Morgan fingerprint density at radius 1 is 1.31 bits per heavy atom. The number of nitriles is 1. The summed E-state index contributed by atoms with van der Waals surface area (Å²) in [5.74, 6) is 0.247. The molecule has 2 amide bonds. The number of fused-ring (bicyclic) bond motifs is 3. The van der Waals surface area contributed by atoms with Gasteiger partial charge < -0.3 is 10.2 Å². The first-order valence-electron chi connectivity index (χ1n) is 9.67. The fourth-order valence-electron chi connectivity index (χ4n) is 4.56. The lowest BCUT2D eigenvalue weighted by atomic mass is 9.74. The first-order valence-corrected chi connectivity index (χ1v) is 9.67. The number of carbonyl (C=O) groups excluding carboxylic acids is 1. The molecule has 1 N–H and O–H groups in total. The Bertz CT molecular complexity index is 1150. The number of amides is 2. The van der Waals surface area contributed by atoms with Gasteiger partial charge in [0.25, 0.3) is 0 Å². The Morgan fingerprint density at radius 2 is 2.10 bits per heavy atom. The van der Waals surface area contributed by atoms with Crippen LogP contribution in [-0.4, -0.2) is 37.6 Å². The SMILES string of the molecule is CC1CC2C[C@@H](C1)N2C(=O)Nc1cc(-c2ncc3cccn3n2)c(C#N)cc1F. The van der Waals surface area contributed by atoms with Gasteiger partial charge in [0.05, 0.1) is 23.0 Å². The Balaban J connectivity index is 1.47. The highest BCUT2D eigenvalue weighted by Crippen LogP contribution is 2.41. The molecule has 3 aliphatic rings. The van der Waals surface area contributed by atoms with Crippen LogP contribution in [0.15, 0.2) is 36.7 Å². The maximum atomic E-state index is 14.6. The topological polar surface area (TPSA) is 86.3 Å². The summed E-state index contributed by atoms with van der Waals surface area (Å²) in [5, 5.41) is 16.5. The van der Waals surface area contributed by atoms with E-state index in [-0.39, 0.29) is 35.2 Å². The van der Waals surface area contributed by atoms with E-state index >= 15 is 0 Å². The summed E-state index contributed by atoms with van der Waals surface area (Å²) in [6.45, 7) is 2.20. The normalized spacial score (nSPS) is 22.8. The quantitative estimate of drug-likeness (QED) is 0.721. The molecule has 1 aliphatic carbocycles. The van der Waals surface area contributed by atoms with Crippen LogP contribution in [0.5, 0.6) is 0 Å². The van der Waals surface area contributed by atoms with Gasteiger partial charge in [-0.3, -0.25) is 0 Å². The van der Waals surface area contributed by atoms with Crippen LogP contribution < -0.4 is 5.32 Å². The zero-order valence-electron chi connectivity index (χ0n) is 15.8. The van der Waals surface area contributed by atoms with Gasteiger partial charge in [-0.05, 0) is 49.4 Å². The zero-order valence-corrected chi connectivity index (χ0v) is 15.8. The molecule has 2 unspecified atom stereocenters. The number of benzene rings is 1. The van der Waals surface area contributed by atoms with E-state index in [0.717, 1.165) is 30.8 Å². The van der Waals surface area contributed by atoms with E-state index in [1.165, 1.54) is 6.07 Å². The minimum atomic E-state index is -0.653.